The SMILES string of the molecule is COCCOC(=O)CCCN1C2CCC1CC(NC(=O)c1cc(Cl)c(N)cc1OC)C2. The number of hydrogen-bond donors (Lipinski definition) is 2. The standard InChI is InChI=1S/C22H32ClN3O5/c1-29-8-9-31-21(27)4-3-7-26-15-5-6-16(26)11-14(10-15)25-22(28)17-12-18(23)19(24)13-20(17)30-2/h12-16H,3-11,24H2,1-2H3,(H,25,28). The van der Waals surface area contributed by atoms with Crippen LogP contribution in [0.15, 0.2) is 12.1 Å². The second-order valence-electron chi connectivity index (χ2n) is 8.16. The van der Waals surface area contributed by atoms with Crippen molar-refractivity contribution in [1.29, 1.82) is 0 Å². The number of carbonyl (C=O) groups is 2. The molecule has 3 rings (SSSR count). The number of fused-ring (bicyclic) bond motifs is 2. The lowest BCUT2D eigenvalue weighted by molar-refractivity contribution is -0.145. The largest absolute Gasteiger partial charge is 0.496 e. The number of amides is 1. The number of anilines is 1. The zero-order valence-electron chi connectivity index (χ0n) is 18.2. The molecule has 2 bridgehead atoms. The molecule has 2 aliphatic rings. The Labute approximate surface area is 188 Å². The molecule has 31 heavy (non-hydrogen) atoms. The first-order chi connectivity index (χ1) is 14.9. The molecule has 1 aromatic rings. The molecule has 172 valence electrons. The second-order valence-corrected chi connectivity index (χ2v) is 8.56. The maximum atomic E-state index is 12.9. The van der Waals surface area contributed by atoms with Crippen LogP contribution >= 0.6 is 11.6 Å². The lowest BCUT2D eigenvalue weighted by Gasteiger charge is -2.39. The van der Waals surface area contributed by atoms with Gasteiger partial charge in [0.1, 0.15) is 12.4 Å². The Hall–Kier alpha value is -2.03. The highest BCUT2D eigenvalue weighted by Gasteiger charge is 2.40. The lowest BCUT2D eigenvalue weighted by Crippen LogP contribution is -2.50. The molecule has 9 heteroatoms. The van der Waals surface area contributed by atoms with Gasteiger partial charge in [0.25, 0.3) is 5.91 Å². The third kappa shape index (κ3) is 6.02. The van der Waals surface area contributed by atoms with Gasteiger partial charge in [-0.3, -0.25) is 14.5 Å². The Morgan fingerprint density at radius 1 is 1.19 bits per heavy atom. The van der Waals surface area contributed by atoms with E-state index in [-0.39, 0.29) is 17.9 Å². The molecule has 1 aromatic carbocycles. The van der Waals surface area contributed by atoms with Gasteiger partial charge >= 0.3 is 5.97 Å². The highest BCUT2D eigenvalue weighted by atomic mass is 35.5. The number of nitrogens with two attached hydrogens (primary N) is 1. The highest BCUT2D eigenvalue weighted by Crippen LogP contribution is 2.36. The van der Waals surface area contributed by atoms with Crippen LogP contribution in [0.1, 0.15) is 48.9 Å². The van der Waals surface area contributed by atoms with Gasteiger partial charge in [0.05, 0.1) is 30.0 Å². The van der Waals surface area contributed by atoms with Crippen molar-refractivity contribution in [1.82, 2.24) is 10.2 Å². The molecule has 2 fully saturated rings. The van der Waals surface area contributed by atoms with Crippen molar-refractivity contribution < 1.29 is 23.8 Å². The van der Waals surface area contributed by atoms with Crippen LogP contribution in [0.5, 0.6) is 5.75 Å². The van der Waals surface area contributed by atoms with Gasteiger partial charge in [0.15, 0.2) is 0 Å². The van der Waals surface area contributed by atoms with Crippen LogP contribution < -0.4 is 15.8 Å². The number of methoxy groups -OCH3 is 2. The number of benzene rings is 1. The van der Waals surface area contributed by atoms with E-state index in [9.17, 15) is 9.59 Å². The summed E-state index contributed by atoms with van der Waals surface area (Å²) in [6, 6.07) is 4.07. The van der Waals surface area contributed by atoms with Crippen LogP contribution in [0.3, 0.4) is 0 Å². The van der Waals surface area contributed by atoms with Gasteiger partial charge < -0.3 is 25.3 Å². The maximum absolute atomic E-state index is 12.9. The maximum Gasteiger partial charge on any atom is 0.305 e. The number of nitrogens with one attached hydrogen (secondary N) is 1. The number of esters is 1. The third-order valence-corrected chi connectivity index (χ3v) is 6.46. The number of nitrogens with zero attached hydrogens (tertiary/aromatic N) is 1. The quantitative estimate of drug-likeness (QED) is 0.319. The van der Waals surface area contributed by atoms with Gasteiger partial charge in [-0.25, -0.2) is 0 Å². The van der Waals surface area contributed by atoms with Crippen molar-refractivity contribution in [3.63, 3.8) is 0 Å². The molecule has 2 unspecified atom stereocenters. The van der Waals surface area contributed by atoms with E-state index >= 15 is 0 Å². The number of rotatable bonds is 10. The molecule has 2 heterocycles. The monoisotopic (exact) mass is 453 g/mol. The summed E-state index contributed by atoms with van der Waals surface area (Å²) in [5.74, 6) is 0.0373. The van der Waals surface area contributed by atoms with E-state index < -0.39 is 0 Å². The number of halogens is 1. The summed E-state index contributed by atoms with van der Waals surface area (Å²) in [7, 11) is 3.09. The molecule has 0 aromatic heterocycles. The molecule has 0 radical (unpaired) electrons. The number of piperidine rings is 1. The molecule has 0 saturated carbocycles. The number of hydrogen-bond acceptors (Lipinski definition) is 7. The fourth-order valence-electron chi connectivity index (χ4n) is 4.65. The van der Waals surface area contributed by atoms with Crippen molar-refractivity contribution in [2.24, 2.45) is 0 Å². The van der Waals surface area contributed by atoms with E-state index in [1.807, 2.05) is 0 Å². The third-order valence-electron chi connectivity index (χ3n) is 6.13. The summed E-state index contributed by atoms with van der Waals surface area (Å²) in [6.07, 6.45) is 5.21. The Balaban J connectivity index is 1.49. The molecule has 0 aliphatic carbocycles. The molecular formula is C22H32ClN3O5. The Morgan fingerprint density at radius 2 is 1.90 bits per heavy atom. The predicted octanol–water partition coefficient (Wildman–Crippen LogP) is 2.63. The summed E-state index contributed by atoms with van der Waals surface area (Å²) in [4.78, 5) is 27.1. The summed E-state index contributed by atoms with van der Waals surface area (Å²) >= 11 is 6.10. The number of nitrogen functional groups attached to an aromatic ring is 1. The van der Waals surface area contributed by atoms with E-state index in [4.69, 9.17) is 31.5 Å². The summed E-state index contributed by atoms with van der Waals surface area (Å²) < 4.78 is 15.3. The van der Waals surface area contributed by atoms with Gasteiger partial charge in [-0.2, -0.15) is 0 Å². The fraction of sp³-hybridized carbons (Fsp3) is 0.636. The van der Waals surface area contributed by atoms with Gasteiger partial charge in [-0.1, -0.05) is 11.6 Å². The van der Waals surface area contributed by atoms with E-state index in [1.165, 1.54) is 7.11 Å². The minimum absolute atomic E-state index is 0.0984. The van der Waals surface area contributed by atoms with Crippen LogP contribution in [-0.4, -0.2) is 68.9 Å². The Bertz CT molecular complexity index is 777. The van der Waals surface area contributed by atoms with Gasteiger partial charge in [-0.15, -0.1) is 0 Å². The van der Waals surface area contributed by atoms with Crippen LogP contribution in [0.2, 0.25) is 5.02 Å². The normalized spacial score (nSPS) is 22.9. The van der Waals surface area contributed by atoms with Crippen molar-refractivity contribution in [3.05, 3.63) is 22.7 Å². The molecule has 1 amide bonds. The first-order valence-electron chi connectivity index (χ1n) is 10.8. The zero-order chi connectivity index (χ0) is 22.4. The molecule has 0 spiro atoms. The van der Waals surface area contributed by atoms with Crippen molar-refractivity contribution in [2.45, 2.75) is 56.7 Å². The summed E-state index contributed by atoms with van der Waals surface area (Å²) in [5, 5.41) is 3.48. The van der Waals surface area contributed by atoms with Crippen LogP contribution in [0.4, 0.5) is 5.69 Å². The average molecular weight is 454 g/mol. The van der Waals surface area contributed by atoms with Crippen molar-refractivity contribution in [3.8, 4) is 5.75 Å². The molecular weight excluding hydrogens is 422 g/mol. The summed E-state index contributed by atoms with van der Waals surface area (Å²) in [5.41, 5.74) is 6.59. The first kappa shape index (κ1) is 23.6. The lowest BCUT2D eigenvalue weighted by atomic mass is 9.96. The van der Waals surface area contributed by atoms with Gasteiger partial charge in [0.2, 0.25) is 0 Å². The highest BCUT2D eigenvalue weighted by molar-refractivity contribution is 6.33. The van der Waals surface area contributed by atoms with Crippen molar-refractivity contribution >= 4 is 29.2 Å². The average Bonchev–Trinajstić information content (AvgIpc) is 2.98. The van der Waals surface area contributed by atoms with Gasteiger partial charge in [-0.05, 0) is 44.7 Å². The first-order valence-corrected chi connectivity index (χ1v) is 11.1. The Morgan fingerprint density at radius 3 is 2.55 bits per heavy atom. The molecule has 2 aliphatic heterocycles. The zero-order valence-corrected chi connectivity index (χ0v) is 19.0. The molecule has 2 atom stereocenters. The summed E-state index contributed by atoms with van der Waals surface area (Å²) in [6.45, 7) is 1.59. The topological polar surface area (TPSA) is 103 Å². The smallest absolute Gasteiger partial charge is 0.305 e. The van der Waals surface area contributed by atoms with Crippen molar-refractivity contribution in [2.75, 3.05) is 39.7 Å². The van der Waals surface area contributed by atoms with Gasteiger partial charge in [0, 0.05) is 37.7 Å². The minimum Gasteiger partial charge on any atom is -0.496 e. The second kappa shape index (κ2) is 11.0. The molecule has 3 N–H and O–H groups in total. The van der Waals surface area contributed by atoms with Crippen LogP contribution in [-0.2, 0) is 14.3 Å². The fourth-order valence-corrected chi connectivity index (χ4v) is 4.82. The number of ether oxygens (including phenoxy) is 3. The molecule has 2 saturated heterocycles. The predicted molar refractivity (Wildman–Crippen MR) is 118 cm³/mol. The van der Waals surface area contributed by atoms with E-state index in [0.717, 1.165) is 38.6 Å². The Kier molecular flexibility index (Phi) is 8.40. The van der Waals surface area contributed by atoms with Crippen LogP contribution in [0, 0.1) is 0 Å². The minimum atomic E-state index is -0.199. The molecule has 8 nitrogen and oxygen atoms in total. The van der Waals surface area contributed by atoms with E-state index in [0.29, 0.717) is 53.7 Å². The van der Waals surface area contributed by atoms with E-state index in [1.54, 1.807) is 19.2 Å². The number of carbonyl (C=O) groups excluding carboxylic acids is 2. The van der Waals surface area contributed by atoms with E-state index in [2.05, 4.69) is 10.2 Å². The van der Waals surface area contributed by atoms with Crippen LogP contribution in [0.25, 0.3) is 0 Å².